The van der Waals surface area contributed by atoms with Crippen LogP contribution in [0, 0.1) is 5.82 Å². The molecule has 1 aromatic carbocycles. The second kappa shape index (κ2) is 2.99. The standard InChI is InChI=1S/C6H3ClF2O2S/c7-5-3-4(8)1-2-6(5)12(9,10)11/h1-3H. The van der Waals surface area contributed by atoms with Crippen LogP contribution in [0.15, 0.2) is 23.1 Å². The molecule has 0 bridgehead atoms. The molecule has 2 nitrogen and oxygen atoms in total. The summed E-state index contributed by atoms with van der Waals surface area (Å²) in [4.78, 5) is -0.717. The molecule has 0 fully saturated rings. The van der Waals surface area contributed by atoms with Crippen LogP contribution in [0.4, 0.5) is 8.28 Å². The summed E-state index contributed by atoms with van der Waals surface area (Å²) < 4.78 is 45.2. The number of halogens is 3. The topological polar surface area (TPSA) is 34.1 Å². The maximum absolute atomic E-state index is 12.3. The van der Waals surface area contributed by atoms with Crippen molar-refractivity contribution in [3.8, 4) is 0 Å². The van der Waals surface area contributed by atoms with Gasteiger partial charge in [0.2, 0.25) is 0 Å². The van der Waals surface area contributed by atoms with Crippen LogP contribution >= 0.6 is 11.6 Å². The fraction of sp³-hybridized carbons (Fsp3) is 0. The summed E-state index contributed by atoms with van der Waals surface area (Å²) in [5.41, 5.74) is 0. The first-order chi connectivity index (χ1) is 5.41. The molecule has 0 saturated carbocycles. The summed E-state index contributed by atoms with van der Waals surface area (Å²) in [7, 11) is -4.85. The van der Waals surface area contributed by atoms with E-state index in [1.165, 1.54) is 0 Å². The third kappa shape index (κ3) is 1.92. The Morgan fingerprint density at radius 3 is 2.33 bits per heavy atom. The van der Waals surface area contributed by atoms with E-state index in [1.54, 1.807) is 0 Å². The lowest BCUT2D eigenvalue weighted by Crippen LogP contribution is -1.93. The number of benzene rings is 1. The van der Waals surface area contributed by atoms with Gasteiger partial charge in [0.1, 0.15) is 10.7 Å². The van der Waals surface area contributed by atoms with E-state index in [2.05, 4.69) is 0 Å². The Hall–Kier alpha value is -0.680. The van der Waals surface area contributed by atoms with Gasteiger partial charge in [-0.25, -0.2) is 4.39 Å². The van der Waals surface area contributed by atoms with Gasteiger partial charge in [-0.05, 0) is 18.2 Å². The minimum absolute atomic E-state index is 0.461. The van der Waals surface area contributed by atoms with Crippen molar-refractivity contribution in [1.82, 2.24) is 0 Å². The second-order valence-electron chi connectivity index (χ2n) is 2.01. The lowest BCUT2D eigenvalue weighted by Gasteiger charge is -1.97. The highest BCUT2D eigenvalue weighted by Gasteiger charge is 2.16. The average Bonchev–Trinajstić information content (AvgIpc) is 1.83. The zero-order chi connectivity index (χ0) is 9.35. The van der Waals surface area contributed by atoms with Crippen LogP contribution in [0.2, 0.25) is 5.02 Å². The van der Waals surface area contributed by atoms with Crippen LogP contribution in [-0.2, 0) is 10.2 Å². The maximum atomic E-state index is 12.3. The number of hydrogen-bond acceptors (Lipinski definition) is 2. The van der Waals surface area contributed by atoms with Gasteiger partial charge in [0.05, 0.1) is 5.02 Å². The molecular weight excluding hydrogens is 210 g/mol. The molecular formula is C6H3ClF2O2S. The monoisotopic (exact) mass is 212 g/mol. The highest BCUT2D eigenvalue weighted by molar-refractivity contribution is 7.86. The molecule has 66 valence electrons. The predicted octanol–water partition coefficient (Wildman–Crippen LogP) is 2.14. The molecule has 0 spiro atoms. The SMILES string of the molecule is O=S(=O)(F)c1ccc(F)cc1Cl. The van der Waals surface area contributed by atoms with Crippen LogP contribution in [0.5, 0.6) is 0 Å². The molecule has 6 heteroatoms. The van der Waals surface area contributed by atoms with Crippen molar-refractivity contribution >= 4 is 21.8 Å². The lowest BCUT2D eigenvalue weighted by atomic mass is 10.3. The molecule has 0 amide bonds. The van der Waals surface area contributed by atoms with Crippen LogP contribution in [0.1, 0.15) is 0 Å². The van der Waals surface area contributed by atoms with Crippen LogP contribution in [0.25, 0.3) is 0 Å². The van der Waals surface area contributed by atoms with Crippen LogP contribution in [0.3, 0.4) is 0 Å². The van der Waals surface area contributed by atoms with Crippen molar-refractivity contribution in [1.29, 1.82) is 0 Å². The van der Waals surface area contributed by atoms with Gasteiger partial charge >= 0.3 is 10.2 Å². The van der Waals surface area contributed by atoms with Gasteiger partial charge in [-0.2, -0.15) is 8.42 Å². The average molecular weight is 213 g/mol. The molecule has 0 heterocycles. The van der Waals surface area contributed by atoms with E-state index >= 15 is 0 Å². The molecule has 0 aromatic heterocycles. The van der Waals surface area contributed by atoms with Crippen molar-refractivity contribution in [2.75, 3.05) is 0 Å². The Bertz CT molecular complexity index is 402. The Balaban J connectivity index is 3.39. The third-order valence-electron chi connectivity index (χ3n) is 1.16. The highest BCUT2D eigenvalue weighted by atomic mass is 35.5. The second-order valence-corrected chi connectivity index (χ2v) is 3.74. The molecule has 1 rings (SSSR count). The quantitative estimate of drug-likeness (QED) is 0.669. The molecule has 1 aromatic rings. The van der Waals surface area contributed by atoms with Gasteiger partial charge in [-0.1, -0.05) is 11.6 Å². The van der Waals surface area contributed by atoms with E-state index in [4.69, 9.17) is 11.6 Å². The maximum Gasteiger partial charge on any atom is 0.333 e. The molecule has 0 radical (unpaired) electrons. The summed E-state index contributed by atoms with van der Waals surface area (Å²) >= 11 is 5.25. The Labute approximate surface area is 73.0 Å². The normalized spacial score (nSPS) is 11.6. The zero-order valence-corrected chi connectivity index (χ0v) is 7.16. The molecule has 12 heavy (non-hydrogen) atoms. The Morgan fingerprint density at radius 2 is 1.92 bits per heavy atom. The summed E-state index contributed by atoms with van der Waals surface area (Å²) in [6, 6.07) is 2.32. The molecule has 0 saturated heterocycles. The lowest BCUT2D eigenvalue weighted by molar-refractivity contribution is 0.551. The molecule has 0 atom stereocenters. The molecule has 0 unspecified atom stereocenters. The van der Waals surface area contributed by atoms with Crippen LogP contribution < -0.4 is 0 Å². The van der Waals surface area contributed by atoms with E-state index in [9.17, 15) is 16.7 Å². The van der Waals surface area contributed by atoms with E-state index in [-0.39, 0.29) is 0 Å². The van der Waals surface area contributed by atoms with E-state index in [0.29, 0.717) is 0 Å². The largest absolute Gasteiger partial charge is 0.333 e. The highest BCUT2D eigenvalue weighted by Crippen LogP contribution is 2.23. The summed E-state index contributed by atoms with van der Waals surface area (Å²) in [6.07, 6.45) is 0. The smallest absolute Gasteiger partial charge is 0.207 e. The molecule has 0 aliphatic rings. The predicted molar refractivity (Wildman–Crippen MR) is 39.7 cm³/mol. The Kier molecular flexibility index (Phi) is 2.34. The van der Waals surface area contributed by atoms with Gasteiger partial charge in [0.15, 0.2) is 0 Å². The number of rotatable bonds is 1. The fourth-order valence-electron chi connectivity index (χ4n) is 0.673. The summed E-state index contributed by atoms with van der Waals surface area (Å²) in [5.74, 6) is -0.715. The van der Waals surface area contributed by atoms with Gasteiger partial charge in [-0.15, -0.1) is 3.89 Å². The van der Waals surface area contributed by atoms with E-state index < -0.39 is 26.0 Å². The first-order valence-corrected chi connectivity index (χ1v) is 4.57. The van der Waals surface area contributed by atoms with Crippen molar-refractivity contribution in [2.24, 2.45) is 0 Å². The number of hydrogen-bond donors (Lipinski definition) is 0. The minimum atomic E-state index is -4.85. The van der Waals surface area contributed by atoms with E-state index in [0.717, 1.165) is 18.2 Å². The summed E-state index contributed by atoms with van der Waals surface area (Å²) in [6.45, 7) is 0. The van der Waals surface area contributed by atoms with Gasteiger partial charge < -0.3 is 0 Å². The molecule has 0 aliphatic heterocycles. The van der Waals surface area contributed by atoms with Crippen molar-refractivity contribution in [3.63, 3.8) is 0 Å². The fourth-order valence-corrected chi connectivity index (χ4v) is 1.64. The van der Waals surface area contributed by atoms with Crippen molar-refractivity contribution < 1.29 is 16.7 Å². The summed E-state index contributed by atoms with van der Waals surface area (Å²) in [5, 5.41) is -0.461. The van der Waals surface area contributed by atoms with Crippen molar-refractivity contribution in [3.05, 3.63) is 29.0 Å². The zero-order valence-electron chi connectivity index (χ0n) is 5.59. The van der Waals surface area contributed by atoms with Crippen LogP contribution in [-0.4, -0.2) is 8.42 Å². The molecule has 0 aliphatic carbocycles. The first kappa shape index (κ1) is 9.41. The van der Waals surface area contributed by atoms with Gasteiger partial charge in [-0.3, -0.25) is 0 Å². The molecule has 0 N–H and O–H groups in total. The van der Waals surface area contributed by atoms with Gasteiger partial charge in [0.25, 0.3) is 0 Å². The van der Waals surface area contributed by atoms with Crippen molar-refractivity contribution in [2.45, 2.75) is 4.90 Å². The first-order valence-electron chi connectivity index (χ1n) is 2.81. The Morgan fingerprint density at radius 1 is 1.33 bits per heavy atom. The van der Waals surface area contributed by atoms with Gasteiger partial charge in [0, 0.05) is 0 Å². The third-order valence-corrected chi connectivity index (χ3v) is 2.46. The van der Waals surface area contributed by atoms with E-state index in [1.807, 2.05) is 0 Å². The minimum Gasteiger partial charge on any atom is -0.207 e.